The molecule has 0 aliphatic heterocycles. The van der Waals surface area contributed by atoms with E-state index in [1.807, 2.05) is 24.3 Å². The maximum atomic E-state index is 12.0. The van der Waals surface area contributed by atoms with Crippen molar-refractivity contribution in [3.05, 3.63) is 59.7 Å². The molecule has 0 aromatic heterocycles. The van der Waals surface area contributed by atoms with E-state index in [1.165, 1.54) is 12.1 Å². The van der Waals surface area contributed by atoms with Gasteiger partial charge >= 0.3 is 0 Å². The van der Waals surface area contributed by atoms with Crippen molar-refractivity contribution in [2.45, 2.75) is 12.8 Å². The molecule has 0 unspecified atom stereocenters. The highest BCUT2D eigenvalue weighted by atomic mass is 16.5. The van der Waals surface area contributed by atoms with Crippen LogP contribution in [0.3, 0.4) is 0 Å². The van der Waals surface area contributed by atoms with Crippen molar-refractivity contribution in [3.8, 4) is 11.5 Å². The molecule has 0 spiro atoms. The summed E-state index contributed by atoms with van der Waals surface area (Å²) in [4.78, 5) is 12.0. The number of methoxy groups -OCH3 is 1. The largest absolute Gasteiger partial charge is 0.508 e. The van der Waals surface area contributed by atoms with Crippen molar-refractivity contribution >= 4 is 5.78 Å². The van der Waals surface area contributed by atoms with Crippen LogP contribution < -0.4 is 4.74 Å². The van der Waals surface area contributed by atoms with E-state index in [0.29, 0.717) is 18.4 Å². The van der Waals surface area contributed by atoms with Gasteiger partial charge in [0.15, 0.2) is 5.78 Å². The summed E-state index contributed by atoms with van der Waals surface area (Å²) in [6, 6.07) is 14.0. The molecule has 0 bridgehead atoms. The van der Waals surface area contributed by atoms with Crippen molar-refractivity contribution in [2.75, 3.05) is 7.11 Å². The zero-order valence-corrected chi connectivity index (χ0v) is 10.8. The van der Waals surface area contributed by atoms with Gasteiger partial charge < -0.3 is 9.84 Å². The normalized spacial score (nSPS) is 10.2. The Morgan fingerprint density at radius 1 is 1.16 bits per heavy atom. The van der Waals surface area contributed by atoms with Crippen molar-refractivity contribution in [1.82, 2.24) is 0 Å². The number of aryl methyl sites for hydroxylation is 1. The Morgan fingerprint density at radius 3 is 2.58 bits per heavy atom. The maximum absolute atomic E-state index is 12.0. The number of ether oxygens (including phenoxy) is 1. The Bertz CT molecular complexity index is 558. The molecule has 19 heavy (non-hydrogen) atoms. The highest BCUT2D eigenvalue weighted by Crippen LogP contribution is 2.16. The van der Waals surface area contributed by atoms with Crippen LogP contribution >= 0.6 is 0 Å². The Labute approximate surface area is 112 Å². The van der Waals surface area contributed by atoms with Crippen molar-refractivity contribution in [2.24, 2.45) is 0 Å². The third-order valence-electron chi connectivity index (χ3n) is 2.96. The van der Waals surface area contributed by atoms with E-state index < -0.39 is 0 Å². The molecule has 0 saturated carbocycles. The van der Waals surface area contributed by atoms with E-state index in [9.17, 15) is 9.90 Å². The molecule has 0 aliphatic carbocycles. The SMILES string of the molecule is COc1cccc(CCC(=O)c2ccc(O)cc2)c1. The topological polar surface area (TPSA) is 46.5 Å². The molecule has 2 aromatic rings. The third-order valence-corrected chi connectivity index (χ3v) is 2.96. The molecule has 3 nitrogen and oxygen atoms in total. The van der Waals surface area contributed by atoms with Crippen molar-refractivity contribution < 1.29 is 14.6 Å². The van der Waals surface area contributed by atoms with Gasteiger partial charge in [0, 0.05) is 12.0 Å². The molecule has 3 heteroatoms. The van der Waals surface area contributed by atoms with E-state index in [0.717, 1.165) is 11.3 Å². The zero-order chi connectivity index (χ0) is 13.7. The van der Waals surface area contributed by atoms with Gasteiger partial charge in [0.2, 0.25) is 0 Å². The molecule has 0 radical (unpaired) electrons. The zero-order valence-electron chi connectivity index (χ0n) is 10.8. The minimum absolute atomic E-state index is 0.0721. The standard InChI is InChI=1S/C16H16O3/c1-19-15-4-2-3-12(11-15)5-10-16(18)13-6-8-14(17)9-7-13/h2-4,6-9,11,17H,5,10H2,1H3. The molecule has 0 heterocycles. The van der Waals surface area contributed by atoms with Gasteiger partial charge in [0.1, 0.15) is 11.5 Å². The molecular weight excluding hydrogens is 240 g/mol. The molecule has 0 saturated heterocycles. The summed E-state index contributed by atoms with van der Waals surface area (Å²) in [7, 11) is 1.63. The summed E-state index contributed by atoms with van der Waals surface area (Å²) in [6.07, 6.45) is 1.12. The number of hydrogen-bond donors (Lipinski definition) is 1. The lowest BCUT2D eigenvalue weighted by Crippen LogP contribution is -2.01. The molecule has 0 amide bonds. The average molecular weight is 256 g/mol. The number of aromatic hydroxyl groups is 1. The summed E-state index contributed by atoms with van der Waals surface area (Å²) in [5.41, 5.74) is 1.70. The molecule has 2 aromatic carbocycles. The Kier molecular flexibility index (Phi) is 4.18. The van der Waals surface area contributed by atoms with Crippen LogP contribution in [0.4, 0.5) is 0 Å². The molecule has 2 rings (SSSR count). The summed E-state index contributed by atoms with van der Waals surface area (Å²) >= 11 is 0. The number of ketones is 1. The number of Topliss-reactive ketones (excluding diaryl/α,β-unsaturated/α-hetero) is 1. The number of rotatable bonds is 5. The van der Waals surface area contributed by atoms with E-state index in [-0.39, 0.29) is 11.5 Å². The minimum atomic E-state index is 0.0721. The first-order chi connectivity index (χ1) is 9.19. The summed E-state index contributed by atoms with van der Waals surface area (Å²) < 4.78 is 5.15. The fourth-order valence-electron chi connectivity index (χ4n) is 1.88. The minimum Gasteiger partial charge on any atom is -0.508 e. The molecule has 0 fully saturated rings. The first-order valence-corrected chi connectivity index (χ1v) is 6.14. The van der Waals surface area contributed by atoms with E-state index >= 15 is 0 Å². The highest BCUT2D eigenvalue weighted by molar-refractivity contribution is 5.96. The molecular formula is C16H16O3. The number of phenols is 1. The van der Waals surface area contributed by atoms with Gasteiger partial charge in [-0.05, 0) is 48.4 Å². The Morgan fingerprint density at radius 2 is 1.89 bits per heavy atom. The quantitative estimate of drug-likeness (QED) is 0.835. The first kappa shape index (κ1) is 13.1. The van der Waals surface area contributed by atoms with Crippen LogP contribution in [0.1, 0.15) is 22.3 Å². The number of carbonyl (C=O) groups is 1. The van der Waals surface area contributed by atoms with E-state index in [2.05, 4.69) is 0 Å². The van der Waals surface area contributed by atoms with Crippen LogP contribution in [0, 0.1) is 0 Å². The lowest BCUT2D eigenvalue weighted by Gasteiger charge is -2.04. The highest BCUT2D eigenvalue weighted by Gasteiger charge is 2.06. The smallest absolute Gasteiger partial charge is 0.163 e. The second kappa shape index (κ2) is 6.05. The van der Waals surface area contributed by atoms with Crippen molar-refractivity contribution in [3.63, 3.8) is 0 Å². The van der Waals surface area contributed by atoms with Gasteiger partial charge in [-0.2, -0.15) is 0 Å². The van der Waals surface area contributed by atoms with Crippen molar-refractivity contribution in [1.29, 1.82) is 0 Å². The monoisotopic (exact) mass is 256 g/mol. The predicted molar refractivity (Wildman–Crippen MR) is 73.8 cm³/mol. The molecule has 0 aliphatic rings. The number of carbonyl (C=O) groups excluding carboxylic acids is 1. The summed E-state index contributed by atoms with van der Waals surface area (Å²) in [6.45, 7) is 0. The van der Waals surface area contributed by atoms with E-state index in [4.69, 9.17) is 4.74 Å². The predicted octanol–water partition coefficient (Wildman–Crippen LogP) is 3.22. The van der Waals surface area contributed by atoms with Crippen LogP contribution in [0.2, 0.25) is 0 Å². The number of benzene rings is 2. The van der Waals surface area contributed by atoms with Crippen LogP contribution in [0.5, 0.6) is 11.5 Å². The Balaban J connectivity index is 1.98. The van der Waals surface area contributed by atoms with E-state index in [1.54, 1.807) is 19.2 Å². The first-order valence-electron chi connectivity index (χ1n) is 6.14. The van der Waals surface area contributed by atoms with Gasteiger partial charge in [-0.25, -0.2) is 0 Å². The van der Waals surface area contributed by atoms with Gasteiger partial charge in [-0.1, -0.05) is 12.1 Å². The molecule has 98 valence electrons. The molecule has 0 atom stereocenters. The Hall–Kier alpha value is -2.29. The lowest BCUT2D eigenvalue weighted by atomic mass is 10.0. The van der Waals surface area contributed by atoms with Crippen LogP contribution in [-0.2, 0) is 6.42 Å². The fraction of sp³-hybridized carbons (Fsp3) is 0.188. The molecule has 1 N–H and O–H groups in total. The maximum Gasteiger partial charge on any atom is 0.163 e. The fourth-order valence-corrected chi connectivity index (χ4v) is 1.88. The summed E-state index contributed by atoms with van der Waals surface area (Å²) in [5, 5.41) is 9.18. The summed E-state index contributed by atoms with van der Waals surface area (Å²) in [5.74, 6) is 1.04. The number of hydrogen-bond acceptors (Lipinski definition) is 3. The van der Waals surface area contributed by atoms with Gasteiger partial charge in [-0.15, -0.1) is 0 Å². The van der Waals surface area contributed by atoms with Crippen LogP contribution in [-0.4, -0.2) is 18.0 Å². The lowest BCUT2D eigenvalue weighted by molar-refractivity contribution is 0.0983. The second-order valence-corrected chi connectivity index (χ2v) is 4.32. The van der Waals surface area contributed by atoms with Gasteiger partial charge in [0.25, 0.3) is 0 Å². The third kappa shape index (κ3) is 3.58. The second-order valence-electron chi connectivity index (χ2n) is 4.32. The average Bonchev–Trinajstić information content (AvgIpc) is 2.46. The van der Waals surface area contributed by atoms with Crippen LogP contribution in [0.25, 0.3) is 0 Å². The number of phenolic OH excluding ortho intramolecular Hbond substituents is 1. The van der Waals surface area contributed by atoms with Gasteiger partial charge in [0.05, 0.1) is 7.11 Å². The van der Waals surface area contributed by atoms with Crippen LogP contribution in [0.15, 0.2) is 48.5 Å². The van der Waals surface area contributed by atoms with Gasteiger partial charge in [-0.3, -0.25) is 4.79 Å².